The average molecular weight is 349 g/mol. The van der Waals surface area contributed by atoms with Crippen molar-refractivity contribution in [2.75, 3.05) is 11.5 Å². The molecule has 2 aromatic rings. The van der Waals surface area contributed by atoms with Gasteiger partial charge in [-0.3, -0.25) is 9.13 Å². The summed E-state index contributed by atoms with van der Waals surface area (Å²) in [6.07, 6.45) is -2.21. The van der Waals surface area contributed by atoms with E-state index in [1.54, 1.807) is 0 Å². The normalized spacial score (nSPS) is 30.0. The Morgan fingerprint density at radius 3 is 3.00 bits per heavy atom. The van der Waals surface area contributed by atoms with Gasteiger partial charge in [0, 0.05) is 5.75 Å². The molecule has 0 radical (unpaired) electrons. The van der Waals surface area contributed by atoms with Crippen molar-refractivity contribution in [1.29, 1.82) is 0 Å². The summed E-state index contributed by atoms with van der Waals surface area (Å²) in [6, 6.07) is 0. The second-order valence-corrected chi connectivity index (χ2v) is 5.76. The SMILES string of the molecule is Nc1ncnc2c1ncn2[C@@H]1O[C@H](CS)[C@@H](O[PH](=O)O)[C@H]1F. The van der Waals surface area contributed by atoms with Crippen molar-refractivity contribution in [2.24, 2.45) is 0 Å². The highest BCUT2D eigenvalue weighted by Crippen LogP contribution is 2.39. The minimum atomic E-state index is -3.31. The van der Waals surface area contributed by atoms with Crippen LogP contribution in [0.15, 0.2) is 12.7 Å². The molecule has 0 aromatic carbocycles. The second-order valence-electron chi connectivity index (χ2n) is 4.62. The van der Waals surface area contributed by atoms with Crippen LogP contribution in [0.3, 0.4) is 0 Å². The standard InChI is InChI=1S/C10H13FN5O4PS/c11-5-7(20-21(17)18)4(1-22)19-10(5)16-3-15-6-8(12)13-2-14-9(6)16/h2-5,7,10,21-22H,1H2,(H,17,18)(H2,12,13,14)/t4-,5-,7-,10-/m1/s1. The third-order valence-corrected chi connectivity index (χ3v) is 4.18. The van der Waals surface area contributed by atoms with Gasteiger partial charge in [0.2, 0.25) is 0 Å². The highest BCUT2D eigenvalue weighted by molar-refractivity contribution is 7.80. The van der Waals surface area contributed by atoms with Crippen LogP contribution in [0, 0.1) is 0 Å². The third-order valence-electron chi connectivity index (χ3n) is 3.34. The molecule has 1 saturated heterocycles. The minimum absolute atomic E-state index is 0.125. The maximum absolute atomic E-state index is 14.6. The smallest absolute Gasteiger partial charge is 0.317 e. The van der Waals surface area contributed by atoms with Gasteiger partial charge in [0.05, 0.1) is 12.4 Å². The predicted molar refractivity (Wildman–Crippen MR) is 78.5 cm³/mol. The van der Waals surface area contributed by atoms with Crippen LogP contribution in [0.1, 0.15) is 6.23 Å². The van der Waals surface area contributed by atoms with Gasteiger partial charge in [-0.1, -0.05) is 0 Å². The van der Waals surface area contributed by atoms with E-state index in [9.17, 15) is 8.96 Å². The topological polar surface area (TPSA) is 125 Å². The number of anilines is 1. The van der Waals surface area contributed by atoms with Gasteiger partial charge in [0.25, 0.3) is 0 Å². The summed E-state index contributed by atoms with van der Waals surface area (Å²) in [6.45, 7) is 0. The van der Waals surface area contributed by atoms with Crippen molar-refractivity contribution >= 4 is 37.9 Å². The Hall–Kier alpha value is -1.26. The molecule has 9 nitrogen and oxygen atoms in total. The molecule has 12 heteroatoms. The molecule has 2 aromatic heterocycles. The quantitative estimate of drug-likeness (QED) is 0.533. The number of ether oxygens (including phenoxy) is 1. The molecule has 3 heterocycles. The lowest BCUT2D eigenvalue weighted by molar-refractivity contribution is -0.0105. The first-order chi connectivity index (χ1) is 10.5. The molecule has 0 amide bonds. The van der Waals surface area contributed by atoms with Crippen LogP contribution < -0.4 is 5.73 Å². The highest BCUT2D eigenvalue weighted by Gasteiger charge is 2.47. The number of halogens is 1. The maximum atomic E-state index is 14.6. The fourth-order valence-corrected chi connectivity index (χ4v) is 3.19. The van der Waals surface area contributed by atoms with Gasteiger partial charge < -0.3 is 19.9 Å². The summed E-state index contributed by atoms with van der Waals surface area (Å²) in [4.78, 5) is 20.7. The fraction of sp³-hybridized carbons (Fsp3) is 0.500. The zero-order valence-corrected chi connectivity index (χ0v) is 12.9. The Bertz CT molecular complexity index is 718. The van der Waals surface area contributed by atoms with E-state index in [1.165, 1.54) is 17.2 Å². The largest absolute Gasteiger partial charge is 0.382 e. The number of rotatable bonds is 4. The molecule has 1 aliphatic heterocycles. The van der Waals surface area contributed by atoms with Crippen molar-refractivity contribution in [3.8, 4) is 0 Å². The molecule has 5 atom stereocenters. The number of alkyl halides is 1. The first kappa shape index (κ1) is 15.6. The molecule has 120 valence electrons. The van der Waals surface area contributed by atoms with Crippen LogP contribution in [0.2, 0.25) is 0 Å². The van der Waals surface area contributed by atoms with E-state index in [2.05, 4.69) is 27.6 Å². The number of aromatic nitrogens is 4. The average Bonchev–Trinajstić information content (AvgIpc) is 3.02. The van der Waals surface area contributed by atoms with Crippen LogP contribution in [0.5, 0.6) is 0 Å². The molecule has 22 heavy (non-hydrogen) atoms. The van der Waals surface area contributed by atoms with Gasteiger partial charge in [-0.05, 0) is 0 Å². The summed E-state index contributed by atoms with van der Waals surface area (Å²) >= 11 is 4.05. The molecule has 0 bridgehead atoms. The van der Waals surface area contributed by atoms with Crippen molar-refractivity contribution in [3.05, 3.63) is 12.7 Å². The first-order valence-electron chi connectivity index (χ1n) is 6.26. The summed E-state index contributed by atoms with van der Waals surface area (Å²) in [5.41, 5.74) is 6.30. The van der Waals surface area contributed by atoms with Gasteiger partial charge in [-0.2, -0.15) is 12.6 Å². The van der Waals surface area contributed by atoms with Crippen LogP contribution in [0.25, 0.3) is 11.2 Å². The molecule has 1 unspecified atom stereocenters. The molecule has 1 fully saturated rings. The van der Waals surface area contributed by atoms with E-state index in [0.29, 0.717) is 11.2 Å². The Morgan fingerprint density at radius 1 is 1.55 bits per heavy atom. The highest BCUT2D eigenvalue weighted by atomic mass is 32.1. The fourth-order valence-electron chi connectivity index (χ4n) is 2.38. The Morgan fingerprint density at radius 2 is 2.32 bits per heavy atom. The number of hydrogen-bond donors (Lipinski definition) is 3. The molecular formula is C10H13FN5O4PS. The first-order valence-corrected chi connectivity index (χ1v) is 8.15. The van der Waals surface area contributed by atoms with Gasteiger partial charge >= 0.3 is 8.25 Å². The molecule has 3 N–H and O–H groups in total. The number of imidazole rings is 1. The Balaban J connectivity index is 1.97. The molecule has 0 aliphatic carbocycles. The third kappa shape index (κ3) is 2.59. The lowest BCUT2D eigenvalue weighted by Crippen LogP contribution is -2.31. The summed E-state index contributed by atoms with van der Waals surface area (Å²) in [7, 11) is -3.31. The maximum Gasteiger partial charge on any atom is 0.317 e. The van der Waals surface area contributed by atoms with Crippen LogP contribution >= 0.6 is 20.9 Å². The zero-order chi connectivity index (χ0) is 15.9. The van der Waals surface area contributed by atoms with E-state index in [-0.39, 0.29) is 11.6 Å². The Labute approximate surface area is 130 Å². The van der Waals surface area contributed by atoms with Gasteiger partial charge in [-0.15, -0.1) is 0 Å². The van der Waals surface area contributed by atoms with E-state index in [4.69, 9.17) is 19.9 Å². The molecule has 0 saturated carbocycles. The number of hydrogen-bond acceptors (Lipinski definition) is 8. The minimum Gasteiger partial charge on any atom is -0.382 e. The van der Waals surface area contributed by atoms with E-state index in [0.717, 1.165) is 0 Å². The van der Waals surface area contributed by atoms with E-state index in [1.807, 2.05) is 0 Å². The van der Waals surface area contributed by atoms with Gasteiger partial charge in [0.15, 0.2) is 23.9 Å². The van der Waals surface area contributed by atoms with Gasteiger partial charge in [0.1, 0.15) is 17.9 Å². The zero-order valence-electron chi connectivity index (χ0n) is 11.0. The van der Waals surface area contributed by atoms with Gasteiger partial charge in [-0.25, -0.2) is 19.3 Å². The van der Waals surface area contributed by atoms with Crippen LogP contribution in [-0.2, 0) is 13.8 Å². The number of thiol groups is 1. The number of nitrogens with zero attached hydrogens (tertiary/aromatic N) is 4. The molecule has 0 spiro atoms. The Kier molecular flexibility index (Phi) is 4.33. The lowest BCUT2D eigenvalue weighted by atomic mass is 10.2. The lowest BCUT2D eigenvalue weighted by Gasteiger charge is -2.16. The number of nitrogen functional groups attached to an aromatic ring is 1. The van der Waals surface area contributed by atoms with Crippen molar-refractivity contribution in [2.45, 2.75) is 24.6 Å². The molecular weight excluding hydrogens is 336 g/mol. The molecule has 3 rings (SSSR count). The summed E-state index contributed by atoms with van der Waals surface area (Å²) < 4.78 is 37.1. The molecule has 1 aliphatic rings. The van der Waals surface area contributed by atoms with Crippen LogP contribution in [-0.4, -0.2) is 48.5 Å². The number of fused-ring (bicyclic) bond motifs is 1. The summed E-state index contributed by atoms with van der Waals surface area (Å²) in [5.74, 6) is 0.289. The van der Waals surface area contributed by atoms with Crippen molar-refractivity contribution in [1.82, 2.24) is 19.5 Å². The number of nitrogens with two attached hydrogens (primary N) is 1. The van der Waals surface area contributed by atoms with E-state index >= 15 is 0 Å². The monoisotopic (exact) mass is 349 g/mol. The summed E-state index contributed by atoms with van der Waals surface area (Å²) in [5, 5.41) is 0. The van der Waals surface area contributed by atoms with E-state index < -0.39 is 32.9 Å². The van der Waals surface area contributed by atoms with Crippen molar-refractivity contribution < 1.29 is 23.1 Å². The predicted octanol–water partition coefficient (Wildman–Crippen LogP) is 0.341. The second kappa shape index (κ2) is 6.09. The van der Waals surface area contributed by atoms with Crippen LogP contribution in [0.4, 0.5) is 10.2 Å². The van der Waals surface area contributed by atoms with Crippen molar-refractivity contribution in [3.63, 3.8) is 0 Å².